The quantitative estimate of drug-likeness (QED) is 0.915. The average molecular weight is 274 g/mol. The zero-order valence-electron chi connectivity index (χ0n) is 12.0. The Morgan fingerprint density at radius 2 is 2.25 bits per heavy atom. The van der Waals surface area contributed by atoms with Crippen LogP contribution in [-0.2, 0) is 9.53 Å². The van der Waals surface area contributed by atoms with E-state index in [0.717, 1.165) is 19.4 Å². The lowest BCUT2D eigenvalue weighted by atomic mass is 9.93. The average Bonchev–Trinajstić information content (AvgIpc) is 2.43. The molecule has 0 spiro atoms. The topological polar surface area (TPSA) is 41.6 Å². The molecule has 1 aromatic rings. The summed E-state index contributed by atoms with van der Waals surface area (Å²) in [5, 5.41) is 3.08. The van der Waals surface area contributed by atoms with Gasteiger partial charge in [0, 0.05) is 18.3 Å². The Hall–Kier alpha value is -1.55. The van der Waals surface area contributed by atoms with Crippen molar-refractivity contribution in [3.8, 4) is 0 Å². The van der Waals surface area contributed by atoms with Gasteiger partial charge in [0.15, 0.2) is 6.10 Å². The molecule has 1 unspecified atom stereocenters. The Kier molecular flexibility index (Phi) is 3.92. The van der Waals surface area contributed by atoms with Gasteiger partial charge >= 0.3 is 0 Å². The molecule has 108 valence electrons. The number of hydrogen-bond donors (Lipinski definition) is 1. The molecular weight excluding hydrogens is 252 g/mol. The number of benzene rings is 1. The number of rotatable bonds is 3. The van der Waals surface area contributed by atoms with E-state index in [2.05, 4.69) is 41.4 Å². The summed E-state index contributed by atoms with van der Waals surface area (Å²) in [5.74, 6) is 0.0482. The fourth-order valence-corrected chi connectivity index (χ4v) is 2.71. The molecule has 1 N–H and O–H groups in total. The summed E-state index contributed by atoms with van der Waals surface area (Å²) in [6, 6.07) is 8.78. The molecule has 1 amide bonds. The smallest absolute Gasteiger partial charge is 0.251 e. The van der Waals surface area contributed by atoms with Crippen LogP contribution in [0.5, 0.6) is 0 Å². The summed E-state index contributed by atoms with van der Waals surface area (Å²) in [6.07, 6.45) is 3.11. The largest absolute Gasteiger partial charge is 0.366 e. The van der Waals surface area contributed by atoms with Crippen molar-refractivity contribution in [3.05, 3.63) is 29.8 Å². The maximum Gasteiger partial charge on any atom is 0.251 e. The van der Waals surface area contributed by atoms with Crippen molar-refractivity contribution < 1.29 is 9.53 Å². The van der Waals surface area contributed by atoms with Gasteiger partial charge < -0.3 is 15.0 Å². The second-order valence-electron chi connectivity index (χ2n) is 5.78. The Bertz CT molecular complexity index is 485. The van der Waals surface area contributed by atoms with Gasteiger partial charge in [0.25, 0.3) is 5.91 Å². The monoisotopic (exact) mass is 274 g/mol. The van der Waals surface area contributed by atoms with E-state index < -0.39 is 0 Å². The first-order chi connectivity index (χ1) is 9.72. The number of hydrogen-bond acceptors (Lipinski definition) is 3. The van der Waals surface area contributed by atoms with Crippen LogP contribution < -0.4 is 10.2 Å². The van der Waals surface area contributed by atoms with E-state index in [-0.39, 0.29) is 12.0 Å². The Morgan fingerprint density at radius 1 is 1.40 bits per heavy atom. The fourth-order valence-electron chi connectivity index (χ4n) is 2.71. The summed E-state index contributed by atoms with van der Waals surface area (Å²) in [4.78, 5) is 14.4. The van der Waals surface area contributed by atoms with E-state index in [0.29, 0.717) is 19.2 Å². The van der Waals surface area contributed by atoms with Crippen molar-refractivity contribution in [2.24, 2.45) is 0 Å². The van der Waals surface area contributed by atoms with Gasteiger partial charge in [-0.3, -0.25) is 4.79 Å². The van der Waals surface area contributed by atoms with Crippen LogP contribution in [0.3, 0.4) is 0 Å². The van der Waals surface area contributed by atoms with Gasteiger partial charge in [0.2, 0.25) is 0 Å². The molecule has 1 saturated heterocycles. The highest BCUT2D eigenvalue weighted by molar-refractivity contribution is 5.82. The molecule has 1 saturated carbocycles. The molecule has 0 bridgehead atoms. The maximum absolute atomic E-state index is 12.2. The van der Waals surface area contributed by atoms with Gasteiger partial charge in [-0.2, -0.15) is 0 Å². The van der Waals surface area contributed by atoms with Crippen LogP contribution >= 0.6 is 0 Å². The van der Waals surface area contributed by atoms with Gasteiger partial charge in [0.05, 0.1) is 13.2 Å². The normalized spacial score (nSPS) is 23.2. The van der Waals surface area contributed by atoms with E-state index in [1.54, 1.807) is 0 Å². The number of aryl methyl sites for hydroxylation is 1. The maximum atomic E-state index is 12.2. The number of anilines is 1. The van der Waals surface area contributed by atoms with Gasteiger partial charge in [-0.1, -0.05) is 12.1 Å². The number of amides is 1. The van der Waals surface area contributed by atoms with E-state index in [1.165, 1.54) is 17.7 Å². The van der Waals surface area contributed by atoms with Crippen LogP contribution in [0.4, 0.5) is 5.69 Å². The highest BCUT2D eigenvalue weighted by atomic mass is 16.5. The van der Waals surface area contributed by atoms with E-state index in [1.807, 2.05) is 0 Å². The van der Waals surface area contributed by atoms with Crippen molar-refractivity contribution in [1.29, 1.82) is 0 Å². The second kappa shape index (κ2) is 5.83. The lowest BCUT2D eigenvalue weighted by Crippen LogP contribution is -2.53. The van der Waals surface area contributed by atoms with E-state index >= 15 is 0 Å². The highest BCUT2D eigenvalue weighted by Gasteiger charge is 2.29. The minimum absolute atomic E-state index is 0.0482. The van der Waals surface area contributed by atoms with Gasteiger partial charge in [-0.15, -0.1) is 0 Å². The van der Waals surface area contributed by atoms with Gasteiger partial charge in [-0.05, 0) is 43.9 Å². The molecule has 1 aromatic carbocycles. The van der Waals surface area contributed by atoms with Crippen LogP contribution in [0.1, 0.15) is 24.8 Å². The van der Waals surface area contributed by atoms with Crippen LogP contribution in [-0.4, -0.2) is 37.7 Å². The zero-order valence-corrected chi connectivity index (χ0v) is 12.0. The Balaban J connectivity index is 1.62. The number of carbonyl (C=O) groups is 1. The molecule has 0 aromatic heterocycles. The first-order valence-corrected chi connectivity index (χ1v) is 7.46. The molecule has 2 fully saturated rings. The van der Waals surface area contributed by atoms with Crippen LogP contribution in [0.2, 0.25) is 0 Å². The third-order valence-electron chi connectivity index (χ3n) is 4.18. The van der Waals surface area contributed by atoms with Crippen molar-refractivity contribution in [3.63, 3.8) is 0 Å². The van der Waals surface area contributed by atoms with Crippen molar-refractivity contribution in [2.45, 2.75) is 38.3 Å². The molecule has 1 heterocycles. The Labute approximate surface area is 120 Å². The zero-order chi connectivity index (χ0) is 13.9. The number of carbonyl (C=O) groups excluding carboxylic acids is 1. The molecule has 4 nitrogen and oxygen atoms in total. The summed E-state index contributed by atoms with van der Waals surface area (Å²) in [6.45, 7) is 4.18. The standard InChI is InChI=1S/C16H22N2O2/c1-12-4-2-7-14(10-12)18-8-9-20-15(11-18)16(19)17-13-5-3-6-13/h2,4,7,10,13,15H,3,5-6,8-9,11H2,1H3,(H,17,19). The highest BCUT2D eigenvalue weighted by Crippen LogP contribution is 2.21. The Morgan fingerprint density at radius 3 is 2.95 bits per heavy atom. The third kappa shape index (κ3) is 2.96. The molecule has 1 aliphatic carbocycles. The van der Waals surface area contributed by atoms with Crippen molar-refractivity contribution >= 4 is 11.6 Å². The summed E-state index contributed by atoms with van der Waals surface area (Å²) >= 11 is 0. The lowest BCUT2D eigenvalue weighted by molar-refractivity contribution is -0.134. The predicted molar refractivity (Wildman–Crippen MR) is 78.9 cm³/mol. The summed E-state index contributed by atoms with van der Waals surface area (Å²) in [7, 11) is 0. The molecule has 3 rings (SSSR count). The minimum atomic E-state index is -0.343. The number of nitrogens with zero attached hydrogens (tertiary/aromatic N) is 1. The molecule has 1 aliphatic heterocycles. The molecule has 1 atom stereocenters. The molecule has 0 radical (unpaired) electrons. The second-order valence-corrected chi connectivity index (χ2v) is 5.78. The fraction of sp³-hybridized carbons (Fsp3) is 0.562. The molecule has 2 aliphatic rings. The van der Waals surface area contributed by atoms with Crippen LogP contribution in [0.25, 0.3) is 0 Å². The van der Waals surface area contributed by atoms with Crippen molar-refractivity contribution in [1.82, 2.24) is 5.32 Å². The van der Waals surface area contributed by atoms with Gasteiger partial charge in [0.1, 0.15) is 0 Å². The first-order valence-electron chi connectivity index (χ1n) is 7.46. The molecular formula is C16H22N2O2. The molecule has 20 heavy (non-hydrogen) atoms. The summed E-state index contributed by atoms with van der Waals surface area (Å²) in [5.41, 5.74) is 2.42. The van der Waals surface area contributed by atoms with Crippen molar-refractivity contribution in [2.75, 3.05) is 24.6 Å². The number of nitrogens with one attached hydrogen (secondary N) is 1. The predicted octanol–water partition coefficient (Wildman–Crippen LogP) is 1.87. The van der Waals surface area contributed by atoms with E-state index in [4.69, 9.17) is 4.74 Å². The lowest BCUT2D eigenvalue weighted by Gasteiger charge is -2.35. The number of morpholine rings is 1. The minimum Gasteiger partial charge on any atom is -0.366 e. The number of ether oxygens (including phenoxy) is 1. The summed E-state index contributed by atoms with van der Waals surface area (Å²) < 4.78 is 5.64. The molecule has 4 heteroatoms. The first kappa shape index (κ1) is 13.4. The SMILES string of the molecule is Cc1cccc(N2CCOC(C(=O)NC3CCC3)C2)c1. The van der Waals surface area contributed by atoms with Gasteiger partial charge in [-0.25, -0.2) is 0 Å². The van der Waals surface area contributed by atoms with E-state index in [9.17, 15) is 4.79 Å². The van der Waals surface area contributed by atoms with Crippen LogP contribution in [0, 0.1) is 6.92 Å². The van der Waals surface area contributed by atoms with Crippen LogP contribution in [0.15, 0.2) is 24.3 Å². The third-order valence-corrected chi connectivity index (χ3v) is 4.18.